The zero-order valence-corrected chi connectivity index (χ0v) is 17.7. The van der Waals surface area contributed by atoms with E-state index >= 15 is 0 Å². The predicted molar refractivity (Wildman–Crippen MR) is 116 cm³/mol. The molecule has 0 saturated carbocycles. The molecule has 1 unspecified atom stereocenters. The van der Waals surface area contributed by atoms with Crippen molar-refractivity contribution in [2.45, 2.75) is 46.6 Å². The lowest BCUT2D eigenvalue weighted by Crippen LogP contribution is -2.37. The second-order valence-electron chi connectivity index (χ2n) is 7.78. The van der Waals surface area contributed by atoms with Crippen LogP contribution in [0.15, 0.2) is 30.3 Å². The maximum atomic E-state index is 13.5. The van der Waals surface area contributed by atoms with Crippen LogP contribution in [0.25, 0.3) is 10.2 Å². The molecule has 0 bridgehead atoms. The van der Waals surface area contributed by atoms with Crippen molar-refractivity contribution in [3.8, 4) is 0 Å². The third kappa shape index (κ3) is 3.69. The Labute approximate surface area is 170 Å². The molecule has 0 aliphatic carbocycles. The fourth-order valence-corrected chi connectivity index (χ4v) is 4.77. The molecule has 1 fully saturated rings. The van der Waals surface area contributed by atoms with E-state index in [9.17, 15) is 4.79 Å². The Morgan fingerprint density at radius 2 is 1.96 bits per heavy atom. The number of aromatic nitrogens is 1. The van der Waals surface area contributed by atoms with E-state index in [-0.39, 0.29) is 12.0 Å². The average molecular weight is 395 g/mol. The molecule has 5 heteroatoms. The van der Waals surface area contributed by atoms with E-state index in [1.165, 1.54) is 16.7 Å². The van der Waals surface area contributed by atoms with Crippen molar-refractivity contribution in [3.05, 3.63) is 58.1 Å². The summed E-state index contributed by atoms with van der Waals surface area (Å²) in [7, 11) is 0. The summed E-state index contributed by atoms with van der Waals surface area (Å²) in [6.45, 7) is 9.60. The molecule has 0 radical (unpaired) electrons. The predicted octanol–water partition coefficient (Wildman–Crippen LogP) is 5.36. The molecule has 1 aromatic heterocycles. The number of nitrogens with zero attached hydrogens (tertiary/aromatic N) is 2. The van der Waals surface area contributed by atoms with Gasteiger partial charge in [-0.2, -0.15) is 0 Å². The quantitative estimate of drug-likeness (QED) is 0.598. The second kappa shape index (κ2) is 7.64. The van der Waals surface area contributed by atoms with Crippen molar-refractivity contribution in [1.82, 2.24) is 4.98 Å². The molecule has 4 rings (SSSR count). The van der Waals surface area contributed by atoms with Crippen molar-refractivity contribution in [1.29, 1.82) is 0 Å². The Bertz CT molecular complexity index is 1030. The SMILES string of the molecule is Cc1cc(C)c2sc(N(CC3CCCO3)C(=O)c3ccc(C)c(C)c3)nc2c1. The summed E-state index contributed by atoms with van der Waals surface area (Å²) in [6.07, 6.45) is 2.11. The molecule has 4 nitrogen and oxygen atoms in total. The Morgan fingerprint density at radius 3 is 2.68 bits per heavy atom. The van der Waals surface area contributed by atoms with Crippen molar-refractivity contribution < 1.29 is 9.53 Å². The molecule has 1 amide bonds. The van der Waals surface area contributed by atoms with Crippen LogP contribution >= 0.6 is 11.3 Å². The van der Waals surface area contributed by atoms with Gasteiger partial charge >= 0.3 is 0 Å². The van der Waals surface area contributed by atoms with Gasteiger partial charge in [0.05, 0.1) is 22.9 Å². The van der Waals surface area contributed by atoms with Crippen molar-refractivity contribution in [2.24, 2.45) is 0 Å². The third-order valence-electron chi connectivity index (χ3n) is 5.45. The maximum absolute atomic E-state index is 13.5. The first kappa shape index (κ1) is 19.1. The topological polar surface area (TPSA) is 42.4 Å². The van der Waals surface area contributed by atoms with Gasteiger partial charge in [-0.05, 0) is 81.0 Å². The standard InChI is InChI=1S/C23H26N2O2S/c1-14-10-17(4)21-20(11-14)24-23(28-21)25(13-19-6-5-9-27-19)22(26)18-8-7-15(2)16(3)12-18/h7-8,10-12,19H,5-6,9,13H2,1-4H3. The minimum atomic E-state index is -0.00738. The van der Waals surface area contributed by atoms with Gasteiger partial charge in [-0.25, -0.2) is 4.98 Å². The minimum absolute atomic E-state index is 0.00738. The number of carbonyl (C=O) groups excluding carboxylic acids is 1. The number of aryl methyl sites for hydroxylation is 4. The van der Waals surface area contributed by atoms with Crippen molar-refractivity contribution in [3.63, 3.8) is 0 Å². The van der Waals surface area contributed by atoms with Crippen LogP contribution in [0.5, 0.6) is 0 Å². The molecule has 146 valence electrons. The Kier molecular flexibility index (Phi) is 5.21. The highest BCUT2D eigenvalue weighted by Gasteiger charge is 2.27. The van der Waals surface area contributed by atoms with Gasteiger partial charge in [0.2, 0.25) is 0 Å². The lowest BCUT2D eigenvalue weighted by Gasteiger charge is -2.23. The monoisotopic (exact) mass is 394 g/mol. The number of hydrogen-bond acceptors (Lipinski definition) is 4. The van der Waals surface area contributed by atoms with Gasteiger partial charge in [-0.1, -0.05) is 23.5 Å². The number of hydrogen-bond donors (Lipinski definition) is 0. The van der Waals surface area contributed by atoms with Crippen LogP contribution in [0.4, 0.5) is 5.13 Å². The molecular formula is C23H26N2O2S. The molecule has 1 saturated heterocycles. The molecule has 0 N–H and O–H groups in total. The molecular weight excluding hydrogens is 368 g/mol. The number of anilines is 1. The van der Waals surface area contributed by atoms with Crippen molar-refractivity contribution >= 4 is 32.6 Å². The van der Waals surface area contributed by atoms with Crippen LogP contribution in [-0.4, -0.2) is 30.1 Å². The van der Waals surface area contributed by atoms with Crippen LogP contribution in [0.3, 0.4) is 0 Å². The van der Waals surface area contributed by atoms with Crippen LogP contribution in [-0.2, 0) is 4.74 Å². The van der Waals surface area contributed by atoms with Gasteiger partial charge in [0.15, 0.2) is 5.13 Å². The first-order chi connectivity index (χ1) is 13.4. The number of ether oxygens (including phenoxy) is 1. The van der Waals surface area contributed by atoms with E-state index in [4.69, 9.17) is 9.72 Å². The van der Waals surface area contributed by atoms with Gasteiger partial charge in [-0.3, -0.25) is 9.69 Å². The normalized spacial score (nSPS) is 16.6. The molecule has 0 spiro atoms. The van der Waals surface area contributed by atoms with E-state index < -0.39 is 0 Å². The summed E-state index contributed by atoms with van der Waals surface area (Å²) in [6, 6.07) is 10.2. The molecule has 28 heavy (non-hydrogen) atoms. The highest BCUT2D eigenvalue weighted by Crippen LogP contribution is 2.33. The summed E-state index contributed by atoms with van der Waals surface area (Å²) in [4.78, 5) is 20.1. The first-order valence-electron chi connectivity index (χ1n) is 9.81. The van der Waals surface area contributed by atoms with E-state index in [2.05, 4.69) is 32.9 Å². The number of carbonyl (C=O) groups is 1. The molecule has 1 aliphatic heterocycles. The minimum Gasteiger partial charge on any atom is -0.376 e. The summed E-state index contributed by atoms with van der Waals surface area (Å²) < 4.78 is 6.98. The molecule has 2 heterocycles. The smallest absolute Gasteiger partial charge is 0.260 e. The lowest BCUT2D eigenvalue weighted by atomic mass is 10.1. The molecule has 1 atom stereocenters. The van der Waals surface area contributed by atoms with E-state index in [0.29, 0.717) is 12.1 Å². The van der Waals surface area contributed by atoms with Crippen molar-refractivity contribution in [2.75, 3.05) is 18.1 Å². The Morgan fingerprint density at radius 1 is 1.14 bits per heavy atom. The number of thiazole rings is 1. The van der Waals surface area contributed by atoms with E-state index in [0.717, 1.165) is 40.4 Å². The lowest BCUT2D eigenvalue weighted by molar-refractivity contribution is 0.0917. The van der Waals surface area contributed by atoms with Crippen LogP contribution in [0.1, 0.15) is 45.5 Å². The van der Waals surface area contributed by atoms with E-state index in [1.54, 1.807) is 11.3 Å². The highest BCUT2D eigenvalue weighted by atomic mass is 32.1. The zero-order valence-electron chi connectivity index (χ0n) is 16.9. The highest BCUT2D eigenvalue weighted by molar-refractivity contribution is 7.22. The zero-order chi connectivity index (χ0) is 19.8. The molecule has 1 aliphatic rings. The third-order valence-corrected chi connectivity index (χ3v) is 6.68. The van der Waals surface area contributed by atoms with Gasteiger partial charge in [-0.15, -0.1) is 0 Å². The summed E-state index contributed by atoms with van der Waals surface area (Å²) in [5.41, 5.74) is 6.37. The summed E-state index contributed by atoms with van der Waals surface area (Å²) in [5, 5.41) is 0.752. The van der Waals surface area contributed by atoms with Gasteiger partial charge < -0.3 is 4.74 Å². The molecule has 3 aromatic rings. The van der Waals surface area contributed by atoms with Crippen LogP contribution < -0.4 is 4.90 Å². The molecule has 2 aromatic carbocycles. The first-order valence-corrected chi connectivity index (χ1v) is 10.6. The fourth-order valence-electron chi connectivity index (χ4n) is 3.75. The summed E-state index contributed by atoms with van der Waals surface area (Å²) >= 11 is 1.59. The van der Waals surface area contributed by atoms with Gasteiger partial charge in [0.25, 0.3) is 5.91 Å². The maximum Gasteiger partial charge on any atom is 0.260 e. The number of benzene rings is 2. The largest absolute Gasteiger partial charge is 0.376 e. The summed E-state index contributed by atoms with van der Waals surface area (Å²) in [5.74, 6) is -0.00738. The van der Waals surface area contributed by atoms with Gasteiger partial charge in [0, 0.05) is 12.2 Å². The fraction of sp³-hybridized carbons (Fsp3) is 0.391. The van der Waals surface area contributed by atoms with Gasteiger partial charge in [0.1, 0.15) is 0 Å². The number of amides is 1. The Balaban J connectivity index is 1.75. The van der Waals surface area contributed by atoms with Crippen LogP contribution in [0, 0.1) is 27.7 Å². The second-order valence-corrected chi connectivity index (χ2v) is 8.75. The number of rotatable bonds is 4. The number of fused-ring (bicyclic) bond motifs is 1. The van der Waals surface area contributed by atoms with Crippen LogP contribution in [0.2, 0.25) is 0 Å². The Hall–Kier alpha value is -2.24. The van der Waals surface area contributed by atoms with E-state index in [1.807, 2.05) is 30.0 Å². The average Bonchev–Trinajstić information content (AvgIpc) is 3.31.